The number of hydrogen-bond donors (Lipinski definition) is 2. The fraction of sp³-hybridized carbons (Fsp3) is 0.368. The van der Waals surface area contributed by atoms with Gasteiger partial charge in [-0.1, -0.05) is 32.3 Å². The fourth-order valence-corrected chi connectivity index (χ4v) is 2.43. The molecule has 1 aromatic carbocycles. The van der Waals surface area contributed by atoms with Crippen LogP contribution in [0.2, 0.25) is 0 Å². The summed E-state index contributed by atoms with van der Waals surface area (Å²) in [6.45, 7) is 2.74. The van der Waals surface area contributed by atoms with Gasteiger partial charge in [-0.25, -0.2) is 4.68 Å². The van der Waals surface area contributed by atoms with Gasteiger partial charge in [-0.3, -0.25) is 9.59 Å². The summed E-state index contributed by atoms with van der Waals surface area (Å²) >= 11 is 0. The Hall–Kier alpha value is -3.14. The molecule has 2 rings (SSSR count). The number of aromatic nitrogens is 2. The van der Waals surface area contributed by atoms with Crippen molar-refractivity contribution in [2.75, 3.05) is 17.2 Å². The van der Waals surface area contributed by atoms with E-state index in [-0.39, 0.29) is 18.0 Å². The summed E-state index contributed by atoms with van der Waals surface area (Å²) in [5.74, 6) is 0.190. The Morgan fingerprint density at radius 1 is 1.23 bits per heavy atom. The van der Waals surface area contributed by atoms with Crippen molar-refractivity contribution in [3.63, 3.8) is 0 Å². The predicted octanol–water partition coefficient (Wildman–Crippen LogP) is 2.75. The Morgan fingerprint density at radius 3 is 2.85 bits per heavy atom. The Balaban J connectivity index is 1.95. The van der Waals surface area contributed by atoms with Crippen LogP contribution in [0.3, 0.4) is 0 Å². The molecule has 0 saturated heterocycles. The normalized spacial score (nSPS) is 10.2. The summed E-state index contributed by atoms with van der Waals surface area (Å²) in [7, 11) is 0. The summed E-state index contributed by atoms with van der Waals surface area (Å²) in [6, 6.07) is 11.6. The third-order valence-corrected chi connectivity index (χ3v) is 3.77. The predicted molar refractivity (Wildman–Crippen MR) is 101 cm³/mol. The zero-order valence-electron chi connectivity index (χ0n) is 14.9. The van der Waals surface area contributed by atoms with Crippen LogP contribution >= 0.6 is 0 Å². The number of amides is 1. The molecule has 1 heterocycles. The summed E-state index contributed by atoms with van der Waals surface area (Å²) in [5.41, 5.74) is 0.613. The standard InChI is InChI=1S/C19H23N5O2/c1-2-3-4-5-11-21-17-9-10-19(26)24(23-17)14-18(25)22-16-8-6-7-15(12-16)13-20/h6-10,12H,2-5,11,14H2,1H3,(H,21,23)(H,22,25). The van der Waals surface area contributed by atoms with Gasteiger partial charge >= 0.3 is 0 Å². The van der Waals surface area contributed by atoms with E-state index < -0.39 is 0 Å². The average molecular weight is 353 g/mol. The number of nitrogens with one attached hydrogen (secondary N) is 2. The van der Waals surface area contributed by atoms with E-state index in [9.17, 15) is 9.59 Å². The maximum absolute atomic E-state index is 12.2. The van der Waals surface area contributed by atoms with Crippen LogP contribution in [0.4, 0.5) is 11.5 Å². The largest absolute Gasteiger partial charge is 0.369 e. The molecule has 0 bridgehead atoms. The first-order valence-electron chi connectivity index (χ1n) is 8.74. The van der Waals surface area contributed by atoms with Crippen LogP contribution in [-0.2, 0) is 11.3 Å². The molecule has 0 unspecified atom stereocenters. The van der Waals surface area contributed by atoms with Gasteiger partial charge in [0.15, 0.2) is 0 Å². The number of nitrogens with zero attached hydrogens (tertiary/aromatic N) is 3. The van der Waals surface area contributed by atoms with Crippen molar-refractivity contribution in [2.45, 2.75) is 39.2 Å². The Kier molecular flexibility index (Phi) is 7.37. The Bertz CT molecular complexity index is 838. The molecule has 2 N–H and O–H groups in total. The number of nitriles is 1. The maximum Gasteiger partial charge on any atom is 0.267 e. The van der Waals surface area contributed by atoms with E-state index >= 15 is 0 Å². The van der Waals surface area contributed by atoms with Crippen molar-refractivity contribution in [1.29, 1.82) is 5.26 Å². The zero-order valence-corrected chi connectivity index (χ0v) is 14.9. The van der Waals surface area contributed by atoms with Crippen molar-refractivity contribution in [2.24, 2.45) is 0 Å². The molecule has 0 aliphatic heterocycles. The molecular formula is C19H23N5O2. The lowest BCUT2D eigenvalue weighted by molar-refractivity contribution is -0.117. The maximum atomic E-state index is 12.2. The van der Waals surface area contributed by atoms with Gasteiger partial charge in [-0.05, 0) is 30.7 Å². The van der Waals surface area contributed by atoms with Crippen molar-refractivity contribution >= 4 is 17.4 Å². The molecule has 0 spiro atoms. The number of carbonyl (C=O) groups is 1. The highest BCUT2D eigenvalue weighted by molar-refractivity contribution is 5.90. The number of hydrogen-bond acceptors (Lipinski definition) is 5. The van der Waals surface area contributed by atoms with Crippen LogP contribution in [0.25, 0.3) is 0 Å². The number of benzene rings is 1. The van der Waals surface area contributed by atoms with E-state index in [1.165, 1.54) is 18.9 Å². The van der Waals surface area contributed by atoms with Gasteiger partial charge in [0.2, 0.25) is 5.91 Å². The van der Waals surface area contributed by atoms with E-state index in [0.29, 0.717) is 17.1 Å². The minimum absolute atomic E-state index is 0.193. The minimum Gasteiger partial charge on any atom is -0.369 e. The molecule has 1 amide bonds. The van der Waals surface area contributed by atoms with Crippen molar-refractivity contribution in [3.05, 3.63) is 52.3 Å². The third-order valence-electron chi connectivity index (χ3n) is 3.77. The molecule has 0 aliphatic carbocycles. The second-order valence-electron chi connectivity index (χ2n) is 5.94. The number of anilines is 2. The Morgan fingerprint density at radius 2 is 2.08 bits per heavy atom. The lowest BCUT2D eigenvalue weighted by atomic mass is 10.2. The highest BCUT2D eigenvalue weighted by Gasteiger charge is 2.08. The van der Waals surface area contributed by atoms with E-state index in [1.807, 2.05) is 6.07 Å². The fourth-order valence-electron chi connectivity index (χ4n) is 2.43. The quantitative estimate of drug-likeness (QED) is 0.675. The number of unbranched alkanes of at least 4 members (excludes halogenated alkanes) is 3. The van der Waals surface area contributed by atoms with Crippen LogP contribution in [-0.4, -0.2) is 22.2 Å². The monoisotopic (exact) mass is 353 g/mol. The van der Waals surface area contributed by atoms with Gasteiger partial charge in [0.05, 0.1) is 11.6 Å². The van der Waals surface area contributed by atoms with Crippen LogP contribution < -0.4 is 16.2 Å². The number of carbonyl (C=O) groups excluding carboxylic acids is 1. The van der Waals surface area contributed by atoms with Crippen molar-refractivity contribution in [1.82, 2.24) is 9.78 Å². The molecule has 0 aliphatic rings. The van der Waals surface area contributed by atoms with Crippen molar-refractivity contribution in [3.8, 4) is 6.07 Å². The van der Waals surface area contributed by atoms with E-state index in [2.05, 4.69) is 22.7 Å². The van der Waals surface area contributed by atoms with Gasteiger partial charge in [0, 0.05) is 18.3 Å². The van der Waals surface area contributed by atoms with Gasteiger partial charge in [-0.15, -0.1) is 0 Å². The molecule has 7 nitrogen and oxygen atoms in total. The zero-order chi connectivity index (χ0) is 18.8. The second-order valence-corrected chi connectivity index (χ2v) is 5.94. The third kappa shape index (κ3) is 6.06. The average Bonchev–Trinajstić information content (AvgIpc) is 2.64. The smallest absolute Gasteiger partial charge is 0.267 e. The Labute approximate surface area is 152 Å². The highest BCUT2D eigenvalue weighted by Crippen LogP contribution is 2.09. The molecule has 0 atom stereocenters. The molecule has 7 heteroatoms. The van der Waals surface area contributed by atoms with Crippen LogP contribution in [0.5, 0.6) is 0 Å². The van der Waals surface area contributed by atoms with Gasteiger partial charge in [0.25, 0.3) is 5.56 Å². The minimum atomic E-state index is -0.380. The molecule has 0 saturated carbocycles. The lowest BCUT2D eigenvalue weighted by Gasteiger charge is -2.09. The van der Waals surface area contributed by atoms with Gasteiger partial charge in [0.1, 0.15) is 12.4 Å². The number of rotatable bonds is 9. The van der Waals surface area contributed by atoms with Crippen molar-refractivity contribution < 1.29 is 4.79 Å². The molecular weight excluding hydrogens is 330 g/mol. The molecule has 2 aromatic rings. The van der Waals surface area contributed by atoms with E-state index in [1.54, 1.807) is 30.3 Å². The highest BCUT2D eigenvalue weighted by atomic mass is 16.2. The first-order chi connectivity index (χ1) is 12.6. The topological polar surface area (TPSA) is 99.8 Å². The first-order valence-corrected chi connectivity index (χ1v) is 8.74. The molecule has 0 fully saturated rings. The van der Waals surface area contributed by atoms with Crippen LogP contribution in [0.1, 0.15) is 38.2 Å². The summed E-state index contributed by atoms with van der Waals surface area (Å²) < 4.78 is 1.12. The summed E-state index contributed by atoms with van der Waals surface area (Å²) in [6.07, 6.45) is 4.55. The molecule has 1 aromatic heterocycles. The SMILES string of the molecule is CCCCCCNc1ccc(=O)n(CC(=O)Nc2cccc(C#N)c2)n1. The molecule has 0 radical (unpaired) electrons. The lowest BCUT2D eigenvalue weighted by Crippen LogP contribution is -2.29. The van der Waals surface area contributed by atoms with Gasteiger partial charge in [-0.2, -0.15) is 10.4 Å². The molecule has 26 heavy (non-hydrogen) atoms. The van der Waals surface area contributed by atoms with Crippen LogP contribution in [0, 0.1) is 11.3 Å². The van der Waals surface area contributed by atoms with E-state index in [0.717, 1.165) is 24.1 Å². The second kappa shape index (κ2) is 9.99. The van der Waals surface area contributed by atoms with Crippen LogP contribution in [0.15, 0.2) is 41.2 Å². The summed E-state index contributed by atoms with van der Waals surface area (Å²) in [5, 5.41) is 18.9. The van der Waals surface area contributed by atoms with E-state index in [4.69, 9.17) is 5.26 Å². The summed E-state index contributed by atoms with van der Waals surface area (Å²) in [4.78, 5) is 24.1. The van der Waals surface area contributed by atoms with Gasteiger partial charge < -0.3 is 10.6 Å². The first kappa shape index (κ1) is 19.2. The molecule has 136 valence electrons.